The molecule has 2 rings (SSSR count). The van der Waals surface area contributed by atoms with Crippen molar-refractivity contribution in [1.82, 2.24) is 9.78 Å². The van der Waals surface area contributed by atoms with E-state index in [1.807, 2.05) is 0 Å². The fourth-order valence-electron chi connectivity index (χ4n) is 1.34. The molecule has 0 bridgehead atoms. The fourth-order valence-corrected chi connectivity index (χ4v) is 1.34. The molecular weight excluding hydrogens is 215 g/mol. The SMILES string of the molecule is Nc1ccn(-c2c(F)cccc2[N+](=O)[O-])n1. The Labute approximate surface area is 89.3 Å². The van der Waals surface area contributed by atoms with Crippen LogP contribution in [0.15, 0.2) is 30.5 Å². The third-order valence-corrected chi connectivity index (χ3v) is 2.00. The van der Waals surface area contributed by atoms with E-state index in [1.54, 1.807) is 0 Å². The number of rotatable bonds is 2. The van der Waals surface area contributed by atoms with E-state index < -0.39 is 10.7 Å². The second kappa shape index (κ2) is 3.61. The van der Waals surface area contributed by atoms with Crippen molar-refractivity contribution in [3.8, 4) is 5.69 Å². The summed E-state index contributed by atoms with van der Waals surface area (Å²) in [6.45, 7) is 0. The summed E-state index contributed by atoms with van der Waals surface area (Å²) >= 11 is 0. The largest absolute Gasteiger partial charge is 0.382 e. The molecule has 82 valence electrons. The first-order valence-corrected chi connectivity index (χ1v) is 4.34. The number of benzene rings is 1. The Hall–Kier alpha value is -2.44. The number of nitro groups is 1. The van der Waals surface area contributed by atoms with Crippen LogP contribution in [-0.2, 0) is 0 Å². The second-order valence-electron chi connectivity index (χ2n) is 3.05. The molecule has 0 saturated heterocycles. The minimum Gasteiger partial charge on any atom is -0.382 e. The van der Waals surface area contributed by atoms with Gasteiger partial charge in [0.15, 0.2) is 11.5 Å². The van der Waals surface area contributed by atoms with Crippen molar-refractivity contribution in [1.29, 1.82) is 0 Å². The summed E-state index contributed by atoms with van der Waals surface area (Å²) in [6, 6.07) is 5.02. The topological polar surface area (TPSA) is 87.0 Å². The van der Waals surface area contributed by atoms with Crippen LogP contribution in [-0.4, -0.2) is 14.7 Å². The molecule has 0 spiro atoms. The van der Waals surface area contributed by atoms with Gasteiger partial charge >= 0.3 is 0 Å². The van der Waals surface area contributed by atoms with Crippen LogP contribution in [0.1, 0.15) is 0 Å². The molecule has 0 aliphatic carbocycles. The molecule has 0 saturated carbocycles. The summed E-state index contributed by atoms with van der Waals surface area (Å²) in [4.78, 5) is 10.1. The Morgan fingerprint density at radius 3 is 2.75 bits per heavy atom. The molecule has 0 unspecified atom stereocenters. The Kier molecular flexibility index (Phi) is 2.28. The van der Waals surface area contributed by atoms with Crippen molar-refractivity contribution >= 4 is 11.5 Å². The van der Waals surface area contributed by atoms with Gasteiger partial charge in [0, 0.05) is 18.3 Å². The number of para-hydroxylation sites is 1. The van der Waals surface area contributed by atoms with Gasteiger partial charge in [-0.3, -0.25) is 10.1 Å². The molecule has 0 atom stereocenters. The summed E-state index contributed by atoms with van der Waals surface area (Å²) in [5, 5.41) is 14.5. The maximum Gasteiger partial charge on any atom is 0.297 e. The van der Waals surface area contributed by atoms with Crippen LogP contribution in [0.3, 0.4) is 0 Å². The first-order valence-electron chi connectivity index (χ1n) is 4.34. The first-order chi connectivity index (χ1) is 7.59. The average Bonchev–Trinajstić information content (AvgIpc) is 2.64. The molecule has 1 aromatic heterocycles. The lowest BCUT2D eigenvalue weighted by atomic mass is 10.2. The third-order valence-electron chi connectivity index (χ3n) is 2.00. The highest BCUT2D eigenvalue weighted by Crippen LogP contribution is 2.25. The van der Waals surface area contributed by atoms with E-state index in [4.69, 9.17) is 5.73 Å². The van der Waals surface area contributed by atoms with Crippen LogP contribution in [0.25, 0.3) is 5.69 Å². The van der Waals surface area contributed by atoms with Gasteiger partial charge in [0.25, 0.3) is 5.69 Å². The van der Waals surface area contributed by atoms with E-state index in [0.29, 0.717) is 0 Å². The van der Waals surface area contributed by atoms with E-state index >= 15 is 0 Å². The van der Waals surface area contributed by atoms with E-state index in [0.717, 1.165) is 10.7 Å². The summed E-state index contributed by atoms with van der Waals surface area (Å²) in [5.74, 6) is -0.560. The number of nitrogens with zero attached hydrogens (tertiary/aromatic N) is 3. The van der Waals surface area contributed by atoms with Crippen molar-refractivity contribution in [2.45, 2.75) is 0 Å². The van der Waals surface area contributed by atoms with E-state index in [9.17, 15) is 14.5 Å². The molecule has 0 radical (unpaired) electrons. The van der Waals surface area contributed by atoms with Gasteiger partial charge in [-0.25, -0.2) is 9.07 Å². The summed E-state index contributed by atoms with van der Waals surface area (Å²) in [6.07, 6.45) is 1.36. The Bertz CT molecular complexity index is 552. The standard InChI is InChI=1S/C9H7FN4O2/c10-6-2-1-3-7(14(15)16)9(6)13-5-4-8(11)12-13/h1-5H,(H2,11,12). The predicted molar refractivity (Wildman–Crippen MR) is 54.6 cm³/mol. The number of nitrogens with two attached hydrogens (primary N) is 1. The average molecular weight is 222 g/mol. The van der Waals surface area contributed by atoms with Crippen LogP contribution in [0.2, 0.25) is 0 Å². The highest BCUT2D eigenvalue weighted by atomic mass is 19.1. The summed E-state index contributed by atoms with van der Waals surface area (Å²) in [5.41, 5.74) is 4.79. The predicted octanol–water partition coefficient (Wildman–Crippen LogP) is 1.50. The van der Waals surface area contributed by atoms with Crippen LogP contribution >= 0.6 is 0 Å². The Morgan fingerprint density at radius 1 is 1.44 bits per heavy atom. The highest BCUT2D eigenvalue weighted by Gasteiger charge is 2.19. The quantitative estimate of drug-likeness (QED) is 0.616. The second-order valence-corrected chi connectivity index (χ2v) is 3.05. The number of aromatic nitrogens is 2. The molecule has 1 heterocycles. The number of hydrogen-bond donors (Lipinski definition) is 1. The molecule has 2 aromatic rings. The number of nitro benzene ring substituents is 1. The zero-order valence-corrected chi connectivity index (χ0v) is 8.00. The third kappa shape index (κ3) is 1.58. The van der Waals surface area contributed by atoms with Crippen LogP contribution < -0.4 is 5.73 Å². The molecule has 7 heteroatoms. The van der Waals surface area contributed by atoms with Crippen molar-refractivity contribution in [3.05, 3.63) is 46.4 Å². The number of hydrogen-bond acceptors (Lipinski definition) is 4. The summed E-state index contributed by atoms with van der Waals surface area (Å²) in [7, 11) is 0. The molecule has 0 amide bonds. The molecule has 1 aromatic carbocycles. The van der Waals surface area contributed by atoms with Gasteiger partial charge < -0.3 is 5.73 Å². The molecule has 0 fully saturated rings. The Morgan fingerprint density at radius 2 is 2.19 bits per heavy atom. The molecule has 6 nitrogen and oxygen atoms in total. The van der Waals surface area contributed by atoms with Gasteiger partial charge in [0.1, 0.15) is 5.82 Å². The maximum atomic E-state index is 13.5. The van der Waals surface area contributed by atoms with Crippen molar-refractivity contribution < 1.29 is 9.31 Å². The fraction of sp³-hybridized carbons (Fsp3) is 0. The van der Waals surface area contributed by atoms with Crippen molar-refractivity contribution in [2.75, 3.05) is 5.73 Å². The van der Waals surface area contributed by atoms with Crippen molar-refractivity contribution in [3.63, 3.8) is 0 Å². The van der Waals surface area contributed by atoms with Gasteiger partial charge in [-0.15, -0.1) is 0 Å². The van der Waals surface area contributed by atoms with Gasteiger partial charge in [0.2, 0.25) is 0 Å². The van der Waals surface area contributed by atoms with Gasteiger partial charge in [-0.2, -0.15) is 5.10 Å². The minimum absolute atomic E-state index is 0.164. The lowest BCUT2D eigenvalue weighted by Crippen LogP contribution is -2.04. The molecule has 0 aliphatic heterocycles. The van der Waals surface area contributed by atoms with E-state index in [-0.39, 0.29) is 17.2 Å². The van der Waals surface area contributed by atoms with Crippen LogP contribution in [0.5, 0.6) is 0 Å². The molecular formula is C9H7FN4O2. The monoisotopic (exact) mass is 222 g/mol. The molecule has 0 aliphatic rings. The normalized spacial score (nSPS) is 10.3. The van der Waals surface area contributed by atoms with Crippen molar-refractivity contribution in [2.24, 2.45) is 0 Å². The van der Waals surface area contributed by atoms with Crippen LogP contribution in [0, 0.1) is 15.9 Å². The summed E-state index contributed by atoms with van der Waals surface area (Å²) < 4.78 is 14.5. The molecule has 2 N–H and O–H groups in total. The van der Waals surface area contributed by atoms with Crippen LogP contribution in [0.4, 0.5) is 15.9 Å². The van der Waals surface area contributed by atoms with E-state index in [2.05, 4.69) is 5.10 Å². The number of nitrogen functional groups attached to an aromatic ring is 1. The lowest BCUT2D eigenvalue weighted by molar-refractivity contribution is -0.384. The van der Waals surface area contributed by atoms with Gasteiger partial charge in [-0.1, -0.05) is 6.07 Å². The first kappa shape index (κ1) is 10.1. The smallest absolute Gasteiger partial charge is 0.297 e. The highest BCUT2D eigenvalue weighted by molar-refractivity contribution is 5.53. The van der Waals surface area contributed by atoms with E-state index in [1.165, 1.54) is 24.4 Å². The lowest BCUT2D eigenvalue weighted by Gasteiger charge is -2.03. The minimum atomic E-state index is -0.725. The zero-order chi connectivity index (χ0) is 11.7. The zero-order valence-electron chi connectivity index (χ0n) is 8.00. The van der Waals surface area contributed by atoms with Gasteiger partial charge in [-0.05, 0) is 6.07 Å². The maximum absolute atomic E-state index is 13.5. The Balaban J connectivity index is 2.67. The number of anilines is 1. The van der Waals surface area contributed by atoms with Gasteiger partial charge in [0.05, 0.1) is 4.92 Å². The number of halogens is 1. The molecule has 16 heavy (non-hydrogen) atoms.